The van der Waals surface area contributed by atoms with Gasteiger partial charge in [0.1, 0.15) is 11.6 Å². The zero-order valence-electron chi connectivity index (χ0n) is 18.4. The summed E-state index contributed by atoms with van der Waals surface area (Å²) in [5.41, 5.74) is 0.633. The highest BCUT2D eigenvalue weighted by Gasteiger charge is 2.34. The van der Waals surface area contributed by atoms with E-state index in [-0.39, 0.29) is 17.2 Å². The third-order valence-electron chi connectivity index (χ3n) is 5.24. The Hall–Kier alpha value is -3.94. The van der Waals surface area contributed by atoms with Crippen molar-refractivity contribution in [1.82, 2.24) is 9.97 Å². The molecule has 174 valence electrons. The van der Waals surface area contributed by atoms with Crippen molar-refractivity contribution in [3.05, 3.63) is 90.3 Å². The van der Waals surface area contributed by atoms with Crippen molar-refractivity contribution in [1.29, 1.82) is 0 Å². The summed E-state index contributed by atoms with van der Waals surface area (Å²) in [7, 11) is 0. The van der Waals surface area contributed by atoms with Crippen LogP contribution in [0, 0.1) is 5.82 Å². The number of aromatic nitrogens is 2. The molecular weight excluding hydrogens is 444 g/mol. The molecule has 0 unspecified atom stereocenters. The van der Waals surface area contributed by atoms with Crippen LogP contribution in [0.25, 0.3) is 28.0 Å². The van der Waals surface area contributed by atoms with E-state index in [1.54, 1.807) is 36.4 Å². The van der Waals surface area contributed by atoms with Crippen molar-refractivity contribution in [3.63, 3.8) is 0 Å². The average molecular weight is 466 g/mol. The summed E-state index contributed by atoms with van der Waals surface area (Å²) >= 11 is 0. The first-order chi connectivity index (χ1) is 16.3. The van der Waals surface area contributed by atoms with Crippen LogP contribution < -0.4 is 10.6 Å². The van der Waals surface area contributed by atoms with Crippen LogP contribution in [0.15, 0.2) is 73.3 Å². The number of anilines is 2. The van der Waals surface area contributed by atoms with E-state index in [1.165, 1.54) is 24.3 Å². The van der Waals surface area contributed by atoms with E-state index < -0.39 is 17.6 Å². The summed E-state index contributed by atoms with van der Waals surface area (Å²) in [5.74, 6) is -0.236. The van der Waals surface area contributed by atoms with Gasteiger partial charge in [-0.15, -0.1) is 0 Å². The zero-order chi connectivity index (χ0) is 24.3. The normalized spacial score (nSPS) is 11.4. The van der Waals surface area contributed by atoms with Gasteiger partial charge in [0.15, 0.2) is 5.82 Å². The smallest absolute Gasteiger partial charge is 0.382 e. The molecule has 4 rings (SSSR count). The molecule has 34 heavy (non-hydrogen) atoms. The van der Waals surface area contributed by atoms with E-state index in [4.69, 9.17) is 0 Å². The molecule has 2 N–H and O–H groups in total. The Morgan fingerprint density at radius 2 is 1.68 bits per heavy atom. The summed E-state index contributed by atoms with van der Waals surface area (Å²) in [5, 5.41) is 6.74. The van der Waals surface area contributed by atoms with E-state index in [2.05, 4.69) is 27.2 Å². The number of nitrogens with zero attached hydrogens (tertiary/aromatic N) is 2. The van der Waals surface area contributed by atoms with Gasteiger partial charge in [-0.1, -0.05) is 56.0 Å². The molecule has 0 radical (unpaired) electrons. The minimum Gasteiger partial charge on any atom is -0.382 e. The maximum atomic E-state index is 14.5. The average Bonchev–Trinajstić information content (AvgIpc) is 2.82. The van der Waals surface area contributed by atoms with Gasteiger partial charge in [-0.3, -0.25) is 0 Å². The largest absolute Gasteiger partial charge is 0.417 e. The highest BCUT2D eigenvalue weighted by atomic mass is 19.4. The van der Waals surface area contributed by atoms with Gasteiger partial charge in [0.2, 0.25) is 0 Å². The van der Waals surface area contributed by atoms with Crippen LogP contribution >= 0.6 is 0 Å². The molecular formula is C26H22F4N4. The Bertz CT molecular complexity index is 1350. The first-order valence-electron chi connectivity index (χ1n) is 10.7. The third-order valence-corrected chi connectivity index (χ3v) is 5.24. The molecule has 0 aliphatic heterocycles. The fraction of sp³-hybridized carbons (Fsp3) is 0.154. The van der Waals surface area contributed by atoms with Crippen LogP contribution in [0.3, 0.4) is 0 Å². The number of para-hydroxylation sites is 2. The number of hydrogen-bond donors (Lipinski definition) is 2. The minimum atomic E-state index is -4.57. The summed E-state index contributed by atoms with van der Waals surface area (Å²) in [6.45, 7) is 6.57. The lowest BCUT2D eigenvalue weighted by Crippen LogP contribution is -2.10. The van der Waals surface area contributed by atoms with Gasteiger partial charge in [0.25, 0.3) is 0 Å². The number of alkyl halides is 3. The molecule has 0 saturated carbocycles. The molecule has 3 aromatic carbocycles. The van der Waals surface area contributed by atoms with Gasteiger partial charge in [-0.2, -0.15) is 13.2 Å². The van der Waals surface area contributed by atoms with Crippen molar-refractivity contribution in [3.8, 4) is 11.4 Å². The summed E-state index contributed by atoms with van der Waals surface area (Å²) in [6.07, 6.45) is -3.77. The first kappa shape index (κ1) is 23.2. The Labute approximate surface area is 194 Å². The lowest BCUT2D eigenvalue weighted by molar-refractivity contribution is -0.137. The molecule has 0 spiro atoms. The standard InChI is InChI=1S/C26H22F4N4/c1-3-15-31-23-17(11-8-13-21(23)27)16(2)32-25-19-10-5-7-14-22(19)33-24(34-25)18-9-4-6-12-20(18)26(28,29)30/h4-14,31H,2-3,15H2,1H3,(H,32,33,34). The summed E-state index contributed by atoms with van der Waals surface area (Å²) in [4.78, 5) is 8.81. The van der Waals surface area contributed by atoms with Crippen molar-refractivity contribution >= 4 is 28.1 Å². The molecule has 0 saturated heterocycles. The summed E-state index contributed by atoms with van der Waals surface area (Å²) < 4.78 is 55.4. The SMILES string of the molecule is C=C(Nc1nc(-c2ccccc2C(F)(F)F)nc2ccccc12)c1cccc(F)c1NCCC. The van der Waals surface area contributed by atoms with Gasteiger partial charge in [-0.25, -0.2) is 14.4 Å². The second-order valence-electron chi connectivity index (χ2n) is 7.65. The second kappa shape index (κ2) is 9.51. The molecule has 8 heteroatoms. The van der Waals surface area contributed by atoms with Gasteiger partial charge in [0, 0.05) is 28.8 Å². The Balaban J connectivity index is 1.81. The monoisotopic (exact) mass is 466 g/mol. The van der Waals surface area contributed by atoms with Crippen LogP contribution in [0.2, 0.25) is 0 Å². The molecule has 0 amide bonds. The highest BCUT2D eigenvalue weighted by Crippen LogP contribution is 2.37. The number of hydrogen-bond acceptors (Lipinski definition) is 4. The van der Waals surface area contributed by atoms with Crippen molar-refractivity contribution in [2.24, 2.45) is 0 Å². The number of benzene rings is 3. The van der Waals surface area contributed by atoms with E-state index in [9.17, 15) is 17.6 Å². The maximum absolute atomic E-state index is 14.5. The molecule has 1 aromatic heterocycles. The van der Waals surface area contributed by atoms with Crippen LogP contribution in [-0.4, -0.2) is 16.5 Å². The lowest BCUT2D eigenvalue weighted by atomic mass is 10.1. The van der Waals surface area contributed by atoms with Crippen LogP contribution in [0.4, 0.5) is 29.1 Å². The van der Waals surface area contributed by atoms with Crippen molar-refractivity contribution in [2.75, 3.05) is 17.2 Å². The van der Waals surface area contributed by atoms with E-state index in [0.29, 0.717) is 34.4 Å². The predicted molar refractivity (Wildman–Crippen MR) is 128 cm³/mol. The zero-order valence-corrected chi connectivity index (χ0v) is 18.4. The Kier molecular flexibility index (Phi) is 6.49. The number of nitrogens with one attached hydrogen (secondary N) is 2. The quantitative estimate of drug-likeness (QED) is 0.280. The first-order valence-corrected chi connectivity index (χ1v) is 10.7. The molecule has 0 atom stereocenters. The number of rotatable bonds is 7. The number of halogens is 4. The van der Waals surface area contributed by atoms with Crippen LogP contribution in [0.5, 0.6) is 0 Å². The van der Waals surface area contributed by atoms with Gasteiger partial charge < -0.3 is 10.6 Å². The second-order valence-corrected chi connectivity index (χ2v) is 7.65. The van der Waals surface area contributed by atoms with Crippen molar-refractivity contribution < 1.29 is 17.6 Å². The minimum absolute atomic E-state index is 0.0782. The molecule has 1 heterocycles. The Morgan fingerprint density at radius 3 is 2.44 bits per heavy atom. The van der Waals surface area contributed by atoms with Gasteiger partial charge in [-0.05, 0) is 30.7 Å². The topological polar surface area (TPSA) is 49.8 Å². The van der Waals surface area contributed by atoms with Gasteiger partial charge in [0.05, 0.1) is 16.8 Å². The Morgan fingerprint density at radius 1 is 0.941 bits per heavy atom. The van der Waals surface area contributed by atoms with Crippen molar-refractivity contribution in [2.45, 2.75) is 19.5 Å². The lowest BCUT2D eigenvalue weighted by Gasteiger charge is -2.18. The third kappa shape index (κ3) is 4.71. The molecule has 0 aliphatic carbocycles. The molecule has 0 bridgehead atoms. The molecule has 0 fully saturated rings. The number of fused-ring (bicyclic) bond motifs is 1. The van der Waals surface area contributed by atoms with E-state index in [1.807, 2.05) is 6.92 Å². The fourth-order valence-corrected chi connectivity index (χ4v) is 3.63. The van der Waals surface area contributed by atoms with E-state index in [0.717, 1.165) is 12.5 Å². The molecule has 4 nitrogen and oxygen atoms in total. The van der Waals surface area contributed by atoms with Gasteiger partial charge >= 0.3 is 6.18 Å². The highest BCUT2D eigenvalue weighted by molar-refractivity contribution is 5.95. The summed E-state index contributed by atoms with van der Waals surface area (Å²) in [6, 6.07) is 16.8. The molecule has 0 aliphatic rings. The maximum Gasteiger partial charge on any atom is 0.417 e. The fourth-order valence-electron chi connectivity index (χ4n) is 3.63. The van der Waals surface area contributed by atoms with Crippen LogP contribution in [-0.2, 0) is 6.18 Å². The molecule has 4 aromatic rings. The van der Waals surface area contributed by atoms with Crippen LogP contribution in [0.1, 0.15) is 24.5 Å². The van der Waals surface area contributed by atoms with E-state index >= 15 is 0 Å². The predicted octanol–water partition coefficient (Wildman–Crippen LogP) is 7.36.